The highest BCUT2D eigenvalue weighted by atomic mass is 32.2. The van der Waals surface area contributed by atoms with E-state index in [-0.39, 0.29) is 40.4 Å². The van der Waals surface area contributed by atoms with Gasteiger partial charge in [0.2, 0.25) is 15.9 Å². The van der Waals surface area contributed by atoms with E-state index in [4.69, 9.17) is 5.41 Å². The van der Waals surface area contributed by atoms with Crippen molar-refractivity contribution in [3.63, 3.8) is 0 Å². The molecule has 1 amide bonds. The largest absolute Gasteiger partial charge is 0.318 e. The Kier molecular flexibility index (Phi) is 5.66. The summed E-state index contributed by atoms with van der Waals surface area (Å²) < 4.78 is 26.7. The Labute approximate surface area is 186 Å². The molecule has 0 radical (unpaired) electrons. The molecule has 1 aromatic carbocycles. The molecule has 1 aromatic rings. The molecule has 3 aliphatic rings. The highest BCUT2D eigenvalue weighted by Gasteiger charge is 2.37. The summed E-state index contributed by atoms with van der Waals surface area (Å²) in [6.45, 7) is 4.18. The van der Waals surface area contributed by atoms with Gasteiger partial charge in [-0.3, -0.25) is 15.0 Å². The number of amides is 1. The number of aliphatic imine (C=N–C) groups is 1. The van der Waals surface area contributed by atoms with Crippen molar-refractivity contribution in [3.8, 4) is 0 Å². The van der Waals surface area contributed by atoms with Crippen molar-refractivity contribution in [2.75, 3.05) is 24.5 Å². The maximum absolute atomic E-state index is 12.7. The molecule has 1 fully saturated rings. The molecule has 32 heavy (non-hydrogen) atoms. The molecule has 0 bridgehead atoms. The number of anilines is 1. The summed E-state index contributed by atoms with van der Waals surface area (Å²) in [7, 11) is -3.60. The fraction of sp³-hybridized carbons (Fsp3) is 0.273. The first-order chi connectivity index (χ1) is 15.3. The van der Waals surface area contributed by atoms with E-state index in [0.717, 1.165) is 0 Å². The summed E-state index contributed by atoms with van der Waals surface area (Å²) in [5, 5.41) is 11.2. The number of allylic oxidation sites excluding steroid dienone is 3. The highest BCUT2D eigenvalue weighted by molar-refractivity contribution is 7.89. The van der Waals surface area contributed by atoms with Crippen LogP contribution in [0.3, 0.4) is 0 Å². The van der Waals surface area contributed by atoms with E-state index in [1.807, 2.05) is 0 Å². The smallest absolute Gasteiger partial charge is 0.243 e. The van der Waals surface area contributed by atoms with Crippen molar-refractivity contribution >= 4 is 38.9 Å². The van der Waals surface area contributed by atoms with Crippen LogP contribution in [0.1, 0.15) is 13.8 Å². The maximum Gasteiger partial charge on any atom is 0.243 e. The van der Waals surface area contributed by atoms with Crippen LogP contribution >= 0.6 is 0 Å². The van der Waals surface area contributed by atoms with Crippen molar-refractivity contribution in [1.29, 1.82) is 5.41 Å². The fourth-order valence-electron chi connectivity index (χ4n) is 3.87. The number of fused-ring (bicyclic) bond motifs is 1. The van der Waals surface area contributed by atoms with Crippen LogP contribution in [0.4, 0.5) is 5.69 Å². The SMILES string of the molecule is CCN(CC)S(=O)(=O)c1ccc(N2CC(=O)/C(=C3\N=C4C=CC=CC4C(=O)N3)C2=N)cc1. The number of amidine groups is 1. The minimum Gasteiger partial charge on any atom is -0.318 e. The normalized spacial score (nSPS) is 23.0. The Bertz CT molecular complexity index is 1220. The van der Waals surface area contributed by atoms with E-state index in [0.29, 0.717) is 24.5 Å². The van der Waals surface area contributed by atoms with Crippen LogP contribution in [0.5, 0.6) is 0 Å². The van der Waals surface area contributed by atoms with Gasteiger partial charge in [-0.25, -0.2) is 13.4 Å². The number of Topliss-reactive ketones (excluding diaryl/α,β-unsaturated/α-hetero) is 1. The van der Waals surface area contributed by atoms with E-state index >= 15 is 0 Å². The van der Waals surface area contributed by atoms with E-state index in [2.05, 4.69) is 10.3 Å². The summed E-state index contributed by atoms with van der Waals surface area (Å²) in [6, 6.07) is 6.08. The molecule has 1 unspecified atom stereocenters. The molecule has 0 saturated carbocycles. The van der Waals surface area contributed by atoms with Gasteiger partial charge in [0.25, 0.3) is 0 Å². The third kappa shape index (κ3) is 3.61. The quantitative estimate of drug-likeness (QED) is 0.656. The molecule has 2 aliphatic heterocycles. The molecule has 9 nitrogen and oxygen atoms in total. The summed E-state index contributed by atoms with van der Waals surface area (Å²) in [4.78, 5) is 31.2. The number of nitrogens with one attached hydrogen (secondary N) is 2. The van der Waals surface area contributed by atoms with Gasteiger partial charge in [-0.15, -0.1) is 0 Å². The van der Waals surface area contributed by atoms with Crippen LogP contribution in [-0.4, -0.2) is 55.6 Å². The van der Waals surface area contributed by atoms with Gasteiger partial charge in [-0.1, -0.05) is 32.1 Å². The summed E-state index contributed by atoms with van der Waals surface area (Å²) in [5.41, 5.74) is 1.06. The molecule has 10 heteroatoms. The lowest BCUT2D eigenvalue weighted by Gasteiger charge is -2.23. The summed E-state index contributed by atoms with van der Waals surface area (Å²) in [5.74, 6) is -1.18. The van der Waals surface area contributed by atoms with E-state index in [1.165, 1.54) is 21.3 Å². The fourth-order valence-corrected chi connectivity index (χ4v) is 5.33. The molecule has 2 N–H and O–H groups in total. The first-order valence-corrected chi connectivity index (χ1v) is 11.7. The lowest BCUT2D eigenvalue weighted by atomic mass is 9.95. The lowest BCUT2D eigenvalue weighted by Crippen LogP contribution is -2.39. The van der Waals surface area contributed by atoms with Crippen molar-refractivity contribution in [2.24, 2.45) is 10.9 Å². The van der Waals surface area contributed by atoms with Crippen LogP contribution in [0.2, 0.25) is 0 Å². The Morgan fingerprint density at radius 2 is 1.84 bits per heavy atom. The van der Waals surface area contributed by atoms with Gasteiger partial charge in [0.05, 0.1) is 23.1 Å². The van der Waals surface area contributed by atoms with Gasteiger partial charge in [-0.05, 0) is 30.3 Å². The summed E-state index contributed by atoms with van der Waals surface area (Å²) in [6.07, 6.45) is 6.95. The predicted octanol–water partition coefficient (Wildman–Crippen LogP) is 1.61. The van der Waals surface area contributed by atoms with Crippen molar-refractivity contribution in [1.82, 2.24) is 9.62 Å². The van der Waals surface area contributed by atoms with Gasteiger partial charge in [0.15, 0.2) is 5.78 Å². The second kappa shape index (κ2) is 8.29. The lowest BCUT2D eigenvalue weighted by molar-refractivity contribution is -0.121. The Hall–Kier alpha value is -3.37. The van der Waals surface area contributed by atoms with Gasteiger partial charge in [0.1, 0.15) is 17.2 Å². The van der Waals surface area contributed by atoms with Gasteiger partial charge < -0.3 is 10.2 Å². The predicted molar refractivity (Wildman–Crippen MR) is 121 cm³/mol. The Balaban J connectivity index is 1.64. The van der Waals surface area contributed by atoms with E-state index < -0.39 is 15.9 Å². The van der Waals surface area contributed by atoms with E-state index in [1.54, 1.807) is 50.3 Å². The molecular weight excluding hydrogens is 430 g/mol. The molecule has 0 spiro atoms. The second-order valence-corrected chi connectivity index (χ2v) is 9.35. The molecule has 166 valence electrons. The monoisotopic (exact) mass is 453 g/mol. The van der Waals surface area contributed by atoms with Crippen molar-refractivity contribution in [2.45, 2.75) is 18.7 Å². The number of carbonyl (C=O) groups excluding carboxylic acids is 2. The van der Waals surface area contributed by atoms with Crippen LogP contribution in [0, 0.1) is 11.3 Å². The zero-order chi connectivity index (χ0) is 23.0. The second-order valence-electron chi connectivity index (χ2n) is 7.41. The Morgan fingerprint density at radius 1 is 1.16 bits per heavy atom. The standard InChI is InChI=1S/C22H23N5O4S/c1-3-26(4-2)32(30,31)15-11-9-14(10-12-15)27-13-18(28)19(20(27)23)21-24-17-8-6-5-7-16(17)22(29)25-21/h5-12,16,23H,3-4,13H2,1-2H3,(H,25,29)/b21-19-,23-20?. The molecule has 4 rings (SSSR count). The number of hydrogen-bond donors (Lipinski definition) is 2. The van der Waals surface area contributed by atoms with Crippen LogP contribution in [0.15, 0.2) is 69.9 Å². The minimum atomic E-state index is -3.60. The average molecular weight is 454 g/mol. The number of ketones is 1. The van der Waals surface area contributed by atoms with Gasteiger partial charge >= 0.3 is 0 Å². The van der Waals surface area contributed by atoms with Crippen LogP contribution in [-0.2, 0) is 19.6 Å². The minimum absolute atomic E-state index is 0.0343. The van der Waals surface area contributed by atoms with Gasteiger partial charge in [0, 0.05) is 18.8 Å². The Morgan fingerprint density at radius 3 is 2.50 bits per heavy atom. The number of carbonyl (C=O) groups is 2. The molecule has 0 aromatic heterocycles. The molecular formula is C22H23N5O4S. The zero-order valence-corrected chi connectivity index (χ0v) is 18.5. The first kappa shape index (κ1) is 21.8. The van der Waals surface area contributed by atoms with Crippen LogP contribution in [0.25, 0.3) is 0 Å². The van der Waals surface area contributed by atoms with Gasteiger partial charge in [-0.2, -0.15) is 4.31 Å². The summed E-state index contributed by atoms with van der Waals surface area (Å²) >= 11 is 0. The maximum atomic E-state index is 12.7. The van der Waals surface area contributed by atoms with Crippen molar-refractivity contribution in [3.05, 3.63) is 60.0 Å². The zero-order valence-electron chi connectivity index (χ0n) is 17.7. The van der Waals surface area contributed by atoms with E-state index in [9.17, 15) is 18.0 Å². The number of benzene rings is 1. The third-order valence-electron chi connectivity index (χ3n) is 5.58. The third-order valence-corrected chi connectivity index (χ3v) is 7.65. The van der Waals surface area contributed by atoms with Crippen LogP contribution < -0.4 is 10.2 Å². The highest BCUT2D eigenvalue weighted by Crippen LogP contribution is 2.28. The van der Waals surface area contributed by atoms with Crippen molar-refractivity contribution < 1.29 is 18.0 Å². The number of sulfonamides is 1. The first-order valence-electron chi connectivity index (χ1n) is 10.3. The molecule has 1 atom stereocenters. The topological polar surface area (TPSA) is 123 Å². The number of hydrogen-bond acceptors (Lipinski definition) is 6. The average Bonchev–Trinajstić information content (AvgIpc) is 3.08. The number of nitrogens with zero attached hydrogens (tertiary/aromatic N) is 3. The molecule has 1 aliphatic carbocycles. The molecule has 1 saturated heterocycles. The number of rotatable bonds is 5. The molecule has 2 heterocycles.